The van der Waals surface area contributed by atoms with Crippen LogP contribution >= 0.6 is 0 Å². The van der Waals surface area contributed by atoms with E-state index in [-0.39, 0.29) is 17.8 Å². The van der Waals surface area contributed by atoms with E-state index >= 15 is 0 Å². The summed E-state index contributed by atoms with van der Waals surface area (Å²) in [6, 6.07) is 9.93. The van der Waals surface area contributed by atoms with Gasteiger partial charge in [-0.25, -0.2) is 4.39 Å². The molecule has 1 atom stereocenters. The van der Waals surface area contributed by atoms with Crippen LogP contribution in [0.5, 0.6) is 0 Å². The SMILES string of the molecule is Cc1ccc(CNC2CCN(Cc3ccc(F)cc3)C2=O)o1. The van der Waals surface area contributed by atoms with Crippen molar-refractivity contribution in [2.45, 2.75) is 32.5 Å². The van der Waals surface area contributed by atoms with Crippen molar-refractivity contribution in [2.75, 3.05) is 6.54 Å². The number of hydrogen-bond donors (Lipinski definition) is 1. The Morgan fingerprint density at radius 1 is 1.27 bits per heavy atom. The standard InChI is InChI=1S/C17H19FN2O2/c1-12-2-7-15(22-12)10-19-16-8-9-20(17(16)21)11-13-3-5-14(18)6-4-13/h2-7,16,19H,8-11H2,1H3. The molecule has 1 aliphatic heterocycles. The average Bonchev–Trinajstić information content (AvgIpc) is 3.07. The molecule has 1 amide bonds. The Morgan fingerprint density at radius 2 is 2.05 bits per heavy atom. The third kappa shape index (κ3) is 3.36. The predicted molar refractivity (Wildman–Crippen MR) is 80.5 cm³/mol. The highest BCUT2D eigenvalue weighted by Gasteiger charge is 2.31. The number of furan rings is 1. The lowest BCUT2D eigenvalue weighted by atomic mass is 10.2. The number of likely N-dealkylation sites (tertiary alicyclic amines) is 1. The van der Waals surface area contributed by atoms with Gasteiger partial charge in [0.1, 0.15) is 17.3 Å². The van der Waals surface area contributed by atoms with Crippen molar-refractivity contribution in [2.24, 2.45) is 0 Å². The first kappa shape index (κ1) is 14.8. The van der Waals surface area contributed by atoms with Gasteiger partial charge in [-0.3, -0.25) is 10.1 Å². The molecule has 0 radical (unpaired) electrons. The van der Waals surface area contributed by atoms with Gasteiger partial charge in [-0.05, 0) is 43.2 Å². The number of aryl methyl sites for hydroxylation is 1. The Labute approximate surface area is 128 Å². The van der Waals surface area contributed by atoms with Crippen LogP contribution in [-0.2, 0) is 17.9 Å². The molecule has 0 aliphatic carbocycles. The van der Waals surface area contributed by atoms with Gasteiger partial charge < -0.3 is 9.32 Å². The lowest BCUT2D eigenvalue weighted by molar-refractivity contribution is -0.129. The first-order valence-electron chi connectivity index (χ1n) is 7.44. The van der Waals surface area contributed by atoms with Crippen LogP contribution in [0.3, 0.4) is 0 Å². The van der Waals surface area contributed by atoms with Crippen LogP contribution in [0.15, 0.2) is 40.8 Å². The van der Waals surface area contributed by atoms with E-state index < -0.39 is 0 Å². The number of nitrogens with zero attached hydrogens (tertiary/aromatic N) is 1. The maximum atomic E-state index is 12.9. The van der Waals surface area contributed by atoms with E-state index in [4.69, 9.17) is 4.42 Å². The second kappa shape index (κ2) is 6.32. The summed E-state index contributed by atoms with van der Waals surface area (Å²) in [7, 11) is 0. The fraction of sp³-hybridized carbons (Fsp3) is 0.353. The minimum Gasteiger partial charge on any atom is -0.465 e. The maximum Gasteiger partial charge on any atom is 0.240 e. The molecule has 2 aromatic rings. The van der Waals surface area contributed by atoms with Gasteiger partial charge in [0.15, 0.2) is 0 Å². The Morgan fingerprint density at radius 3 is 2.73 bits per heavy atom. The highest BCUT2D eigenvalue weighted by molar-refractivity contribution is 5.83. The van der Waals surface area contributed by atoms with Crippen molar-refractivity contribution in [3.05, 3.63) is 59.3 Å². The van der Waals surface area contributed by atoms with Crippen LogP contribution in [-0.4, -0.2) is 23.4 Å². The lowest BCUT2D eigenvalue weighted by Gasteiger charge is -2.17. The molecule has 1 N–H and O–H groups in total. The molecule has 1 aliphatic rings. The van der Waals surface area contributed by atoms with Crippen molar-refractivity contribution < 1.29 is 13.6 Å². The van der Waals surface area contributed by atoms with Crippen LogP contribution in [0.2, 0.25) is 0 Å². The zero-order chi connectivity index (χ0) is 15.5. The highest BCUT2D eigenvalue weighted by Crippen LogP contribution is 2.16. The monoisotopic (exact) mass is 302 g/mol. The molecule has 3 rings (SSSR count). The number of carbonyl (C=O) groups is 1. The van der Waals surface area contributed by atoms with E-state index in [2.05, 4.69) is 5.32 Å². The first-order valence-corrected chi connectivity index (χ1v) is 7.44. The molecule has 1 unspecified atom stereocenters. The molecule has 1 aromatic carbocycles. The molecule has 1 fully saturated rings. The fourth-order valence-corrected chi connectivity index (χ4v) is 2.70. The quantitative estimate of drug-likeness (QED) is 0.923. The lowest BCUT2D eigenvalue weighted by Crippen LogP contribution is -2.37. The van der Waals surface area contributed by atoms with Crippen molar-refractivity contribution in [1.29, 1.82) is 0 Å². The summed E-state index contributed by atoms with van der Waals surface area (Å²) < 4.78 is 18.4. The van der Waals surface area contributed by atoms with Gasteiger partial charge in [0, 0.05) is 13.1 Å². The minimum atomic E-state index is -0.259. The molecule has 2 heterocycles. The van der Waals surface area contributed by atoms with Crippen molar-refractivity contribution in [1.82, 2.24) is 10.2 Å². The number of rotatable bonds is 5. The third-order valence-electron chi connectivity index (χ3n) is 3.90. The number of benzene rings is 1. The van der Waals surface area contributed by atoms with Gasteiger partial charge >= 0.3 is 0 Å². The largest absolute Gasteiger partial charge is 0.465 e. The zero-order valence-electron chi connectivity index (χ0n) is 12.5. The molecule has 4 nitrogen and oxygen atoms in total. The summed E-state index contributed by atoms with van der Waals surface area (Å²) in [5.41, 5.74) is 0.942. The number of hydrogen-bond acceptors (Lipinski definition) is 3. The molecule has 22 heavy (non-hydrogen) atoms. The van der Waals surface area contributed by atoms with E-state index in [1.165, 1.54) is 12.1 Å². The van der Waals surface area contributed by atoms with Gasteiger partial charge in [-0.1, -0.05) is 12.1 Å². The Kier molecular flexibility index (Phi) is 4.24. The Hall–Kier alpha value is -2.14. The highest BCUT2D eigenvalue weighted by atomic mass is 19.1. The summed E-state index contributed by atoms with van der Waals surface area (Å²) in [5, 5.41) is 3.24. The number of carbonyl (C=O) groups excluding carboxylic acids is 1. The minimum absolute atomic E-state index is 0.0904. The first-order chi connectivity index (χ1) is 10.6. The van der Waals surface area contributed by atoms with Crippen molar-refractivity contribution in [3.8, 4) is 0 Å². The van der Waals surface area contributed by atoms with Crippen molar-refractivity contribution >= 4 is 5.91 Å². The number of nitrogens with one attached hydrogen (secondary N) is 1. The van der Waals surface area contributed by atoms with Gasteiger partial charge in [0.2, 0.25) is 5.91 Å². The van der Waals surface area contributed by atoms with Gasteiger partial charge in [-0.2, -0.15) is 0 Å². The summed E-state index contributed by atoms with van der Waals surface area (Å²) in [6.07, 6.45) is 0.777. The van der Waals surface area contributed by atoms with E-state index in [9.17, 15) is 9.18 Å². The van der Waals surface area contributed by atoms with Crippen LogP contribution in [0.1, 0.15) is 23.5 Å². The fourth-order valence-electron chi connectivity index (χ4n) is 2.70. The smallest absolute Gasteiger partial charge is 0.240 e. The average molecular weight is 302 g/mol. The predicted octanol–water partition coefficient (Wildman–Crippen LogP) is 2.62. The number of halogens is 1. The van der Waals surface area contributed by atoms with E-state index in [1.807, 2.05) is 19.1 Å². The zero-order valence-corrected chi connectivity index (χ0v) is 12.5. The van der Waals surface area contributed by atoms with Gasteiger partial charge in [-0.15, -0.1) is 0 Å². The number of amides is 1. The van der Waals surface area contributed by atoms with E-state index in [1.54, 1.807) is 17.0 Å². The van der Waals surface area contributed by atoms with Crippen LogP contribution in [0.4, 0.5) is 4.39 Å². The molecule has 5 heteroatoms. The summed E-state index contributed by atoms with van der Waals surface area (Å²) in [5.74, 6) is 1.53. The van der Waals surface area contributed by atoms with E-state index in [0.29, 0.717) is 19.6 Å². The molecule has 1 aromatic heterocycles. The van der Waals surface area contributed by atoms with Crippen LogP contribution in [0, 0.1) is 12.7 Å². The normalized spacial score (nSPS) is 18.2. The van der Waals surface area contributed by atoms with Crippen LogP contribution < -0.4 is 5.32 Å². The molecule has 0 spiro atoms. The van der Waals surface area contributed by atoms with Gasteiger partial charge in [0.25, 0.3) is 0 Å². The van der Waals surface area contributed by atoms with E-state index in [0.717, 1.165) is 23.5 Å². The topological polar surface area (TPSA) is 45.5 Å². The molecule has 116 valence electrons. The Bertz CT molecular complexity index is 651. The second-order valence-electron chi connectivity index (χ2n) is 5.62. The summed E-state index contributed by atoms with van der Waals surface area (Å²) in [6.45, 7) is 3.69. The maximum absolute atomic E-state index is 12.9. The summed E-state index contributed by atoms with van der Waals surface area (Å²) in [4.78, 5) is 14.2. The van der Waals surface area contributed by atoms with Crippen molar-refractivity contribution in [3.63, 3.8) is 0 Å². The summed E-state index contributed by atoms with van der Waals surface area (Å²) >= 11 is 0. The third-order valence-corrected chi connectivity index (χ3v) is 3.90. The second-order valence-corrected chi connectivity index (χ2v) is 5.62. The molecular formula is C17H19FN2O2. The molecular weight excluding hydrogens is 283 g/mol. The van der Waals surface area contributed by atoms with Gasteiger partial charge in [0.05, 0.1) is 12.6 Å². The molecule has 0 bridgehead atoms. The Balaban J connectivity index is 1.54. The van der Waals surface area contributed by atoms with Crippen LogP contribution in [0.25, 0.3) is 0 Å². The molecule has 0 saturated carbocycles. The molecule has 1 saturated heterocycles.